The Bertz CT molecular complexity index is 279. The molecule has 70 valence electrons. The second-order valence-electron chi connectivity index (χ2n) is 2.59. The van der Waals surface area contributed by atoms with Crippen molar-refractivity contribution in [1.82, 2.24) is 0 Å². The van der Waals surface area contributed by atoms with E-state index in [2.05, 4.69) is 22.6 Å². The van der Waals surface area contributed by atoms with Gasteiger partial charge in [-0.3, -0.25) is 4.79 Å². The van der Waals surface area contributed by atoms with Gasteiger partial charge in [-0.25, -0.2) is 0 Å². The van der Waals surface area contributed by atoms with E-state index in [1.165, 1.54) is 0 Å². The fraction of sp³-hybridized carbons (Fsp3) is 0.300. The maximum Gasteiger partial charge on any atom is 0.163 e. The molecule has 1 aromatic carbocycles. The number of rotatable bonds is 4. The topological polar surface area (TPSA) is 26.3 Å². The zero-order valence-electron chi connectivity index (χ0n) is 7.42. The minimum Gasteiger partial charge on any atom is -0.497 e. The summed E-state index contributed by atoms with van der Waals surface area (Å²) in [7, 11) is 1.61. The Morgan fingerprint density at radius 3 is 2.46 bits per heavy atom. The van der Waals surface area contributed by atoms with Crippen molar-refractivity contribution in [2.75, 3.05) is 11.5 Å². The third kappa shape index (κ3) is 2.99. The van der Waals surface area contributed by atoms with Gasteiger partial charge < -0.3 is 4.74 Å². The van der Waals surface area contributed by atoms with Gasteiger partial charge in [0.25, 0.3) is 0 Å². The molecule has 0 unspecified atom stereocenters. The molecule has 1 aromatic rings. The van der Waals surface area contributed by atoms with Gasteiger partial charge in [-0.2, -0.15) is 0 Å². The van der Waals surface area contributed by atoms with Crippen LogP contribution in [0.1, 0.15) is 16.8 Å². The van der Waals surface area contributed by atoms with Gasteiger partial charge in [0.05, 0.1) is 7.11 Å². The lowest BCUT2D eigenvalue weighted by atomic mass is 10.1. The highest BCUT2D eigenvalue weighted by molar-refractivity contribution is 14.1. The van der Waals surface area contributed by atoms with E-state index in [9.17, 15) is 4.79 Å². The van der Waals surface area contributed by atoms with Gasteiger partial charge >= 0.3 is 0 Å². The predicted octanol–water partition coefficient (Wildman–Crippen LogP) is 2.70. The first-order chi connectivity index (χ1) is 6.27. The summed E-state index contributed by atoms with van der Waals surface area (Å²) in [5.41, 5.74) is 0.762. The summed E-state index contributed by atoms with van der Waals surface area (Å²) in [4.78, 5) is 11.4. The molecule has 13 heavy (non-hydrogen) atoms. The number of ketones is 1. The summed E-state index contributed by atoms with van der Waals surface area (Å²) in [6, 6.07) is 7.21. The highest BCUT2D eigenvalue weighted by Gasteiger charge is 2.03. The summed E-state index contributed by atoms with van der Waals surface area (Å²) < 4.78 is 5.86. The fourth-order valence-electron chi connectivity index (χ4n) is 1.01. The van der Waals surface area contributed by atoms with Gasteiger partial charge in [-0.15, -0.1) is 0 Å². The van der Waals surface area contributed by atoms with E-state index in [-0.39, 0.29) is 5.78 Å². The quantitative estimate of drug-likeness (QED) is 0.484. The Morgan fingerprint density at radius 1 is 1.38 bits per heavy atom. The minimum absolute atomic E-state index is 0.192. The molecule has 0 saturated heterocycles. The zero-order valence-corrected chi connectivity index (χ0v) is 9.58. The van der Waals surface area contributed by atoms with Gasteiger partial charge in [-0.05, 0) is 24.3 Å². The molecule has 0 radical (unpaired) electrons. The molecule has 0 spiro atoms. The molecule has 0 saturated carbocycles. The molecule has 1 rings (SSSR count). The van der Waals surface area contributed by atoms with Gasteiger partial charge in [0.15, 0.2) is 5.78 Å². The fourth-order valence-corrected chi connectivity index (χ4v) is 1.50. The molecule has 0 N–H and O–H groups in total. The van der Waals surface area contributed by atoms with Crippen LogP contribution in [0.2, 0.25) is 0 Å². The van der Waals surface area contributed by atoms with Crippen molar-refractivity contribution < 1.29 is 9.53 Å². The second kappa shape index (κ2) is 5.21. The number of Topliss-reactive ketones (excluding diaryl/α,β-unsaturated/α-hetero) is 1. The average Bonchev–Trinajstić information content (AvgIpc) is 2.18. The summed E-state index contributed by atoms with van der Waals surface area (Å²) in [5.74, 6) is 0.975. The number of benzene rings is 1. The molecule has 0 aliphatic rings. The molecule has 2 nitrogen and oxygen atoms in total. The zero-order chi connectivity index (χ0) is 9.68. The van der Waals surface area contributed by atoms with Crippen molar-refractivity contribution in [2.45, 2.75) is 6.42 Å². The third-order valence-corrected chi connectivity index (χ3v) is 2.27. The van der Waals surface area contributed by atoms with Crippen LogP contribution in [-0.4, -0.2) is 17.3 Å². The van der Waals surface area contributed by atoms with Crippen LogP contribution in [0.25, 0.3) is 0 Å². The van der Waals surface area contributed by atoms with Crippen molar-refractivity contribution in [1.29, 1.82) is 0 Å². The van der Waals surface area contributed by atoms with E-state index in [0.717, 1.165) is 15.7 Å². The molecular weight excluding hydrogens is 279 g/mol. The van der Waals surface area contributed by atoms with E-state index in [1.54, 1.807) is 31.4 Å². The van der Waals surface area contributed by atoms with E-state index < -0.39 is 0 Å². The van der Waals surface area contributed by atoms with Crippen LogP contribution in [0.3, 0.4) is 0 Å². The number of alkyl halides is 1. The summed E-state index contributed by atoms with van der Waals surface area (Å²) in [6.07, 6.45) is 0.604. The van der Waals surface area contributed by atoms with Crippen molar-refractivity contribution in [3.63, 3.8) is 0 Å². The normalized spacial score (nSPS) is 9.69. The first-order valence-corrected chi connectivity index (χ1v) is 5.53. The molecule has 0 aromatic heterocycles. The number of methoxy groups -OCH3 is 1. The Balaban J connectivity index is 2.74. The van der Waals surface area contributed by atoms with Crippen LogP contribution in [0.5, 0.6) is 5.75 Å². The van der Waals surface area contributed by atoms with Crippen molar-refractivity contribution in [3.05, 3.63) is 29.8 Å². The molecule has 0 amide bonds. The molecule has 0 fully saturated rings. The highest BCUT2D eigenvalue weighted by atomic mass is 127. The van der Waals surface area contributed by atoms with E-state index in [1.807, 2.05) is 0 Å². The summed E-state index contributed by atoms with van der Waals surface area (Å²) in [6.45, 7) is 0. The van der Waals surface area contributed by atoms with Crippen LogP contribution in [-0.2, 0) is 0 Å². The Morgan fingerprint density at radius 2 is 2.00 bits per heavy atom. The smallest absolute Gasteiger partial charge is 0.163 e. The molecule has 0 bridgehead atoms. The second-order valence-corrected chi connectivity index (χ2v) is 3.67. The van der Waals surface area contributed by atoms with E-state index in [0.29, 0.717) is 6.42 Å². The molecule has 3 heteroatoms. The lowest BCUT2D eigenvalue weighted by Crippen LogP contribution is -1.98. The lowest BCUT2D eigenvalue weighted by molar-refractivity contribution is 0.0990. The predicted molar refractivity (Wildman–Crippen MR) is 60.8 cm³/mol. The van der Waals surface area contributed by atoms with Crippen LogP contribution in [0.15, 0.2) is 24.3 Å². The number of carbonyl (C=O) groups is 1. The summed E-state index contributed by atoms with van der Waals surface area (Å²) in [5, 5.41) is 0. The van der Waals surface area contributed by atoms with Crippen molar-refractivity contribution in [3.8, 4) is 5.75 Å². The molecule has 0 aliphatic carbocycles. The third-order valence-electron chi connectivity index (χ3n) is 1.73. The van der Waals surface area contributed by atoms with Gasteiger partial charge in [0.1, 0.15) is 5.75 Å². The first-order valence-electron chi connectivity index (χ1n) is 4.01. The van der Waals surface area contributed by atoms with Gasteiger partial charge in [0.2, 0.25) is 0 Å². The van der Waals surface area contributed by atoms with Crippen LogP contribution in [0, 0.1) is 0 Å². The monoisotopic (exact) mass is 290 g/mol. The maximum atomic E-state index is 11.4. The number of hydrogen-bond acceptors (Lipinski definition) is 2. The standard InChI is InChI=1S/C10H11IO2/c1-13-9-4-2-8(3-5-9)10(12)6-7-11/h2-5H,6-7H2,1H3. The van der Waals surface area contributed by atoms with Crippen molar-refractivity contribution in [2.24, 2.45) is 0 Å². The maximum absolute atomic E-state index is 11.4. The van der Waals surface area contributed by atoms with Gasteiger partial charge in [0, 0.05) is 16.4 Å². The highest BCUT2D eigenvalue weighted by Crippen LogP contribution is 2.12. The Labute approximate surface area is 91.4 Å². The number of hydrogen-bond donors (Lipinski definition) is 0. The largest absolute Gasteiger partial charge is 0.497 e. The summed E-state index contributed by atoms with van der Waals surface area (Å²) >= 11 is 2.20. The number of halogens is 1. The van der Waals surface area contributed by atoms with Crippen LogP contribution >= 0.6 is 22.6 Å². The molecule has 0 aliphatic heterocycles. The molecule has 0 heterocycles. The SMILES string of the molecule is COc1ccc(C(=O)CCI)cc1. The Kier molecular flexibility index (Phi) is 4.21. The Hall–Kier alpha value is -0.580. The molecular formula is C10H11IO2. The average molecular weight is 290 g/mol. The van der Waals surface area contributed by atoms with Gasteiger partial charge in [-0.1, -0.05) is 22.6 Å². The van der Waals surface area contributed by atoms with E-state index >= 15 is 0 Å². The lowest BCUT2D eigenvalue weighted by Gasteiger charge is -2.01. The van der Waals surface area contributed by atoms with E-state index in [4.69, 9.17) is 4.74 Å². The molecule has 0 atom stereocenters. The first kappa shape index (κ1) is 10.5. The number of ether oxygens (including phenoxy) is 1. The number of carbonyl (C=O) groups excluding carboxylic acids is 1. The minimum atomic E-state index is 0.192. The van der Waals surface area contributed by atoms with Crippen LogP contribution < -0.4 is 4.74 Å². The van der Waals surface area contributed by atoms with Crippen LogP contribution in [0.4, 0.5) is 0 Å². The van der Waals surface area contributed by atoms with Crippen molar-refractivity contribution >= 4 is 28.4 Å².